The predicted molar refractivity (Wildman–Crippen MR) is 16.8 cm³/mol. The minimum atomic E-state index is -4.31. The van der Waals surface area contributed by atoms with Crippen LogP contribution in [0.4, 0.5) is 0 Å². The van der Waals surface area contributed by atoms with Crippen LogP contribution >= 0.6 is 0 Å². The Hall–Kier alpha value is 0.758. The van der Waals surface area contributed by atoms with E-state index in [1.807, 2.05) is 0 Å². The summed E-state index contributed by atoms with van der Waals surface area (Å²) >= 11 is -1.59. The molecule has 0 fully saturated rings. The van der Waals surface area contributed by atoms with Gasteiger partial charge in [-0.3, -0.25) is 0 Å². The molecule has 0 heterocycles. The zero-order valence-electron chi connectivity index (χ0n) is 3.47. The van der Waals surface area contributed by atoms with E-state index < -0.39 is 14.5 Å². The summed E-state index contributed by atoms with van der Waals surface area (Å²) in [5.41, 5.74) is 0. The van der Waals surface area contributed by atoms with Crippen molar-refractivity contribution in [2.24, 2.45) is 0 Å². The van der Waals surface area contributed by atoms with Gasteiger partial charge in [0.1, 0.15) is 0 Å². The summed E-state index contributed by atoms with van der Waals surface area (Å²) in [6.45, 7) is 0. The van der Waals surface area contributed by atoms with Crippen molar-refractivity contribution in [3.05, 3.63) is 0 Å². The predicted octanol–water partition coefficient (Wildman–Crippen LogP) is -1.03. The van der Waals surface area contributed by atoms with E-state index in [-0.39, 0.29) is 0 Å². The Morgan fingerprint density at radius 1 is 1.86 bits per heavy atom. The molecule has 1 unspecified atom stereocenters. The van der Waals surface area contributed by atoms with Crippen LogP contribution in [0.15, 0.2) is 0 Å². The van der Waals surface area contributed by atoms with E-state index in [2.05, 4.69) is 22.9 Å². The van der Waals surface area contributed by atoms with Gasteiger partial charge in [-0.2, -0.15) is 0 Å². The van der Waals surface area contributed by atoms with E-state index in [1.165, 1.54) is 0 Å². The topological polar surface area (TPSA) is 55.8 Å². The van der Waals surface area contributed by atoms with E-state index in [9.17, 15) is 3.74 Å². The van der Waals surface area contributed by atoms with Crippen molar-refractivity contribution in [3.8, 4) is 0 Å². The number of hydrogen-bond acceptors (Lipinski definition) is 3. The van der Waals surface area contributed by atoms with Gasteiger partial charge in [-0.25, -0.2) is 0 Å². The molecule has 1 N–H and O–H groups in total. The average Bonchev–Trinajstić information content (AvgIpc) is 1.68. The van der Waals surface area contributed by atoms with Crippen molar-refractivity contribution in [2.75, 3.05) is 7.11 Å². The van der Waals surface area contributed by atoms with E-state index >= 15 is 0 Å². The molecule has 0 rings (SSSR count). The van der Waals surface area contributed by atoms with Crippen LogP contribution in [0.3, 0.4) is 0 Å². The van der Waals surface area contributed by atoms with Crippen molar-refractivity contribution in [3.63, 3.8) is 0 Å². The molecule has 0 amide bonds. The molecule has 6 heteroatoms. The molecule has 0 spiro atoms. The Labute approximate surface area is 52.7 Å². The fourth-order valence-corrected chi connectivity index (χ4v) is 0.565. The Morgan fingerprint density at radius 2 is 2.29 bits per heavy atom. The molecule has 0 aromatic carbocycles. The first-order chi connectivity index (χ1) is 3.12. The van der Waals surface area contributed by atoms with Crippen LogP contribution in [-0.4, -0.2) is 25.7 Å². The second kappa shape index (κ2) is 2.92. The van der Waals surface area contributed by atoms with Gasteiger partial charge in [0, 0.05) is 0 Å². The molecular weight excluding hydrogens is 207 g/mol. The minimum absolute atomic E-state index is 1.09. The Morgan fingerprint density at radius 3 is 2.29 bits per heavy atom. The van der Waals surface area contributed by atoms with E-state index in [4.69, 9.17) is 4.10 Å². The van der Waals surface area contributed by atoms with Crippen LogP contribution in [0.2, 0.25) is 0 Å². The van der Waals surface area contributed by atoms with E-state index in [1.54, 1.807) is 0 Å². The normalized spacial score (nSPS) is 18.7. The summed E-state index contributed by atoms with van der Waals surface area (Å²) in [5, 5.41) is 0. The maximum absolute atomic E-state index is 10.1. The zero-order chi connectivity index (χ0) is 5.91. The molecule has 45 valence electrons. The Bertz CT molecular complexity index is 83.7. The van der Waals surface area contributed by atoms with Crippen LogP contribution in [-0.2, 0) is 26.6 Å². The molecule has 0 saturated heterocycles. The molecule has 7 heavy (non-hydrogen) atoms. The quantitative estimate of drug-likeness (QED) is 0.593. The van der Waals surface area contributed by atoms with Crippen molar-refractivity contribution in [1.82, 2.24) is 0 Å². The molecule has 0 radical (unpaired) electrons. The van der Waals surface area contributed by atoms with Gasteiger partial charge in [0.25, 0.3) is 0 Å². The van der Waals surface area contributed by atoms with Crippen molar-refractivity contribution >= 4 is 14.5 Å². The summed E-state index contributed by atoms with van der Waals surface area (Å²) in [5.74, 6) is 0. The number of rotatable bonds is 2. The van der Waals surface area contributed by atoms with Crippen LogP contribution in [0.5, 0.6) is 0 Å². The van der Waals surface area contributed by atoms with Gasteiger partial charge in [-0.05, 0) is 0 Å². The van der Waals surface area contributed by atoms with Gasteiger partial charge in [-0.1, -0.05) is 0 Å². The van der Waals surface area contributed by atoms with Gasteiger partial charge >= 0.3 is 52.3 Å². The molecule has 0 saturated carbocycles. The first kappa shape index (κ1) is 7.76. The zero-order valence-corrected chi connectivity index (χ0v) is 6.45. The fourth-order valence-electron chi connectivity index (χ4n) is 0.0264. The van der Waals surface area contributed by atoms with Crippen molar-refractivity contribution in [1.29, 1.82) is 0 Å². The third-order valence-corrected chi connectivity index (χ3v) is 2.95. The summed E-state index contributed by atoms with van der Waals surface area (Å²) in [7, 11) is 1.09. The molecule has 0 aromatic heterocycles. The SMILES string of the molecule is CO[As](=O)(O)[O][Fe]. The number of hydrogen-bond donors (Lipinski definition) is 1. The summed E-state index contributed by atoms with van der Waals surface area (Å²) in [4.78, 5) is 0. The monoisotopic (exact) mass is 211 g/mol. The molecule has 0 aliphatic heterocycles. The van der Waals surface area contributed by atoms with E-state index in [0.717, 1.165) is 7.11 Å². The van der Waals surface area contributed by atoms with Gasteiger partial charge in [0.15, 0.2) is 0 Å². The van der Waals surface area contributed by atoms with Crippen LogP contribution in [0, 0.1) is 0 Å². The van der Waals surface area contributed by atoms with Gasteiger partial charge in [0.05, 0.1) is 0 Å². The van der Waals surface area contributed by atoms with E-state index in [0.29, 0.717) is 0 Å². The second-order valence-corrected chi connectivity index (χ2v) is 4.77. The van der Waals surface area contributed by atoms with Crippen LogP contribution in [0.1, 0.15) is 0 Å². The van der Waals surface area contributed by atoms with Crippen LogP contribution < -0.4 is 0 Å². The molecular formula is CH4AsFeO4. The molecule has 4 nitrogen and oxygen atoms in total. The molecule has 0 aliphatic carbocycles. The molecule has 0 aromatic rings. The summed E-state index contributed by atoms with van der Waals surface area (Å²) < 4.78 is 26.1. The first-order valence-electron chi connectivity index (χ1n) is 1.30. The standard InChI is InChI=1S/CH5AsO4.Fe/c1-6-2(3,4)5;/h1H3,(H2,3,4,5);/q;+1/p-1. The third-order valence-electron chi connectivity index (χ3n) is 0.312. The summed E-state index contributed by atoms with van der Waals surface area (Å²) in [6.07, 6.45) is 0. The third kappa shape index (κ3) is 3.35. The first-order valence-corrected chi connectivity index (χ1v) is 4.89. The molecule has 1 atom stereocenters. The Kier molecular flexibility index (Phi) is 3.24. The van der Waals surface area contributed by atoms with Crippen molar-refractivity contribution in [2.45, 2.75) is 0 Å². The average molecular weight is 211 g/mol. The van der Waals surface area contributed by atoms with Crippen LogP contribution in [0.25, 0.3) is 0 Å². The van der Waals surface area contributed by atoms with Gasteiger partial charge in [-0.15, -0.1) is 0 Å². The maximum atomic E-state index is 10.1. The Balaban J connectivity index is 3.61. The second-order valence-electron chi connectivity index (χ2n) is 0.716. The molecule has 0 aliphatic rings. The molecule has 0 bridgehead atoms. The van der Waals surface area contributed by atoms with Crippen molar-refractivity contribution < 1.29 is 30.7 Å². The summed E-state index contributed by atoms with van der Waals surface area (Å²) in [6, 6.07) is 0. The fraction of sp³-hybridized carbons (Fsp3) is 1.00. The van der Waals surface area contributed by atoms with Gasteiger partial charge < -0.3 is 0 Å². The van der Waals surface area contributed by atoms with Gasteiger partial charge in [0.2, 0.25) is 0 Å².